The third-order valence-corrected chi connectivity index (χ3v) is 21.5. The van der Waals surface area contributed by atoms with Gasteiger partial charge in [-0.1, -0.05) is 96.5 Å². The summed E-state index contributed by atoms with van der Waals surface area (Å²) in [6.07, 6.45) is 7.58. The Morgan fingerprint density at radius 2 is 0.721 bits per heavy atom. The van der Waals surface area contributed by atoms with Crippen LogP contribution in [0.15, 0.2) is 228 Å². The number of benzene rings is 7. The Labute approximate surface area is 780 Å². The summed E-state index contributed by atoms with van der Waals surface area (Å²) in [6.45, 7) is 10.5. The van der Waals surface area contributed by atoms with Crippen LogP contribution in [0.4, 0.5) is 47.5 Å². The van der Waals surface area contributed by atoms with Gasteiger partial charge in [0, 0.05) is 148 Å². The molecule has 4 N–H and O–H groups in total. The molecule has 0 unspecified atom stereocenters. The molecule has 33 nitrogen and oxygen atoms in total. The third kappa shape index (κ3) is 30.4. The van der Waals surface area contributed by atoms with Crippen LogP contribution in [0.5, 0.6) is 40.2 Å². The van der Waals surface area contributed by atoms with Crippen LogP contribution in [-0.4, -0.2) is 228 Å². The minimum absolute atomic E-state index is 0.0193. The van der Waals surface area contributed by atoms with Crippen LogP contribution in [0.2, 0.25) is 10.4 Å². The molecule has 0 radical (unpaired) electrons. The van der Waals surface area contributed by atoms with Crippen molar-refractivity contribution in [3.8, 4) is 40.2 Å². The van der Waals surface area contributed by atoms with E-state index in [1.807, 2.05) is 170 Å². The summed E-state index contributed by atoms with van der Waals surface area (Å²) >= 11 is 23.6. The van der Waals surface area contributed by atoms with Crippen molar-refractivity contribution in [2.75, 3.05) is 147 Å². The van der Waals surface area contributed by atoms with Crippen LogP contribution in [0.1, 0.15) is 45.4 Å². The number of aromatic nitrogens is 8. The summed E-state index contributed by atoms with van der Waals surface area (Å²) in [5.74, 6) is 8.16. The van der Waals surface area contributed by atoms with E-state index in [0.717, 1.165) is 98.7 Å². The zero-order valence-corrected chi connectivity index (χ0v) is 77.7. The normalized spacial score (nSPS) is 13.7. The van der Waals surface area contributed by atoms with Crippen LogP contribution >= 0.6 is 66.7 Å². The molecule has 129 heavy (non-hydrogen) atoms. The fourth-order valence-electron chi connectivity index (χ4n) is 13.1. The molecule has 5 fully saturated rings. The Hall–Kier alpha value is -12.9. The molecule has 7 aromatic carbocycles. The number of nitrogens with one attached hydrogen (secondary N) is 2. The Morgan fingerprint density at radius 1 is 0.388 bits per heavy atom. The second kappa shape index (κ2) is 51.2. The van der Waals surface area contributed by atoms with Gasteiger partial charge in [0.15, 0.2) is 4.73 Å². The highest BCUT2D eigenvalue weighted by molar-refractivity contribution is 9.10. The van der Waals surface area contributed by atoms with Gasteiger partial charge in [-0.2, -0.15) is 0 Å². The molecular weight excluding hydrogens is 1850 g/mol. The monoisotopic (exact) mass is 1940 g/mol. The number of carbonyl (C=O) groups is 6. The van der Waals surface area contributed by atoms with Gasteiger partial charge in [-0.05, 0) is 198 Å². The molecule has 4 aromatic heterocycles. The van der Waals surface area contributed by atoms with Crippen LogP contribution in [0, 0.1) is 0 Å². The highest BCUT2D eigenvalue weighted by Gasteiger charge is 2.35. The number of hydrogen-bond acceptors (Lipinski definition) is 22. The predicted octanol–water partition coefficient (Wildman–Crippen LogP) is 14.9. The number of aryl methyl sites for hydroxylation is 1. The standard InChI is InChI=1S/2C15H15BrN4O2.2C15H15ClN4O2.C12H16ClNO2.C11H14N2O2.C8H11NO/c1-22-12-4-2-11(3-5-12)10-19-8-9-20(15(19)21)13-6-7-17-14(16)18-13;1-22-12-4-2-11(3-5-12)10-19-8-9-20(15(19)21)14-17-7-6-13(16)18-14;1-22-12-4-2-11(3-5-12)10-19-8-9-20(15(19)21)13-6-7-17-14(16)18-13;1-22-12-4-2-11(3-5-12)10-19-8-9-20(15(19)21)14-17-7-6-13(16)18-14;1-16-11-5-2-10(3-6-11)4-7-12(15)14-9-8-13;1-15-10-4-2-9(3-5-10)8-13-7-6-12-11(13)14;1-10-8-4-2-7(6-9)3-5-8/h4*2-7H,8-10H2,1H3;2-3,5-6H,4,7-9H2,1H3,(H,14,15);2-5H,6-8H2,1H3,(H,12,14);2-5H,6,9H2,1H3. The van der Waals surface area contributed by atoms with Crippen molar-refractivity contribution in [3.63, 3.8) is 0 Å². The SMILES string of the molecule is COc1ccc(CCC(=O)NCCCl)cc1.COc1ccc(CN)cc1.COc1ccc(CN2CCN(c3ccnc(Br)n3)C2=O)cc1.COc1ccc(CN2CCN(c3ccnc(Cl)n3)C2=O)cc1.COc1ccc(CN2CCN(c3nccc(Br)n3)C2=O)cc1.COc1ccc(CN2CCN(c3nccc(Cl)n3)C2=O)cc1.COc1ccc(CN2CCNC2=O)cc1. The summed E-state index contributed by atoms with van der Waals surface area (Å²) in [4.78, 5) is 121. The lowest BCUT2D eigenvalue weighted by Crippen LogP contribution is -2.32. The maximum Gasteiger partial charge on any atom is 0.327 e. The second-order valence-electron chi connectivity index (χ2n) is 28.5. The number of hydrogen-bond donors (Lipinski definition) is 3. The minimum atomic E-state index is -0.113. The number of methoxy groups -OCH3 is 7. The quantitative estimate of drug-likeness (QED) is 0.0244. The number of ether oxygens (including phenoxy) is 7. The first-order valence-corrected chi connectivity index (χ1v) is 43.6. The third-order valence-electron chi connectivity index (χ3n) is 20.1. The van der Waals surface area contributed by atoms with Gasteiger partial charge in [0.2, 0.25) is 23.1 Å². The number of anilines is 4. The van der Waals surface area contributed by atoms with Gasteiger partial charge in [0.25, 0.3) is 0 Å². The van der Waals surface area contributed by atoms with E-state index in [0.29, 0.717) is 148 Å². The zero-order chi connectivity index (χ0) is 92.0. The van der Waals surface area contributed by atoms with E-state index >= 15 is 0 Å². The first-order chi connectivity index (χ1) is 62.6. The molecule has 16 rings (SSSR count). The van der Waals surface area contributed by atoms with Crippen molar-refractivity contribution >= 4 is 126 Å². The van der Waals surface area contributed by atoms with Gasteiger partial charge in [0.05, 0.1) is 49.8 Å². The summed E-state index contributed by atoms with van der Waals surface area (Å²) < 4.78 is 36.8. The summed E-state index contributed by atoms with van der Waals surface area (Å²) in [5, 5.41) is 5.97. The van der Waals surface area contributed by atoms with E-state index in [1.165, 1.54) is 4.90 Å². The van der Waals surface area contributed by atoms with Gasteiger partial charge in [-0.25, -0.2) is 63.8 Å². The molecule has 5 aliphatic heterocycles. The molecule has 11 amide bonds. The van der Waals surface area contributed by atoms with Crippen molar-refractivity contribution < 1.29 is 61.9 Å². The fourth-order valence-corrected chi connectivity index (χ4v) is 14.0. The predicted molar refractivity (Wildman–Crippen MR) is 501 cm³/mol. The fraction of sp³-hybridized carbons (Fsp3) is 0.297. The number of rotatable bonds is 27. The summed E-state index contributed by atoms with van der Waals surface area (Å²) in [5.41, 5.74) is 13.0. The van der Waals surface area contributed by atoms with Crippen LogP contribution < -0.4 is 69.1 Å². The number of nitrogens with zero attached hydrogens (tertiary/aromatic N) is 17. The topological polar surface area (TPSA) is 349 Å². The first kappa shape index (κ1) is 98.3. The first-order valence-electron chi connectivity index (χ1n) is 40.8. The number of amides is 11. The summed E-state index contributed by atoms with van der Waals surface area (Å²) in [7, 11) is 11.5. The van der Waals surface area contributed by atoms with E-state index in [9.17, 15) is 28.8 Å². The van der Waals surface area contributed by atoms with Gasteiger partial charge >= 0.3 is 30.2 Å². The lowest BCUT2D eigenvalue weighted by Gasteiger charge is -2.18. The zero-order valence-electron chi connectivity index (χ0n) is 72.3. The Morgan fingerprint density at radius 3 is 1.06 bits per heavy atom. The average Bonchev–Trinajstić information content (AvgIpc) is 1.70. The number of nitrogens with two attached hydrogens (primary N) is 1. The molecular formula is C91H101Br2Cl3N20O13. The van der Waals surface area contributed by atoms with Crippen LogP contribution in [-0.2, 0) is 50.5 Å². The maximum absolute atomic E-state index is 12.5. The average molecular weight is 1950 g/mol. The Kier molecular flexibility index (Phi) is 39.0. The van der Waals surface area contributed by atoms with Crippen molar-refractivity contribution in [2.45, 2.75) is 52.1 Å². The van der Waals surface area contributed by atoms with Gasteiger partial charge in [-0.3, -0.25) is 24.4 Å². The van der Waals surface area contributed by atoms with E-state index in [4.69, 9.17) is 73.7 Å². The van der Waals surface area contributed by atoms with E-state index in [-0.39, 0.29) is 41.3 Å². The number of carbonyl (C=O) groups excluding carboxylic acids is 6. The van der Waals surface area contributed by atoms with E-state index in [2.05, 4.69) is 82.4 Å². The number of urea groups is 5. The smallest absolute Gasteiger partial charge is 0.327 e. The minimum Gasteiger partial charge on any atom is -0.497 e. The molecule has 5 saturated heterocycles. The van der Waals surface area contributed by atoms with Crippen molar-refractivity contribution in [1.82, 2.24) is 75.0 Å². The molecule has 0 saturated carbocycles. The molecule has 0 aliphatic carbocycles. The van der Waals surface area contributed by atoms with Crippen LogP contribution in [0.3, 0.4) is 0 Å². The molecule has 5 aliphatic rings. The largest absolute Gasteiger partial charge is 0.497 e. The molecule has 0 bridgehead atoms. The molecule has 9 heterocycles. The van der Waals surface area contributed by atoms with Crippen molar-refractivity contribution in [1.29, 1.82) is 0 Å². The van der Waals surface area contributed by atoms with E-state index in [1.54, 1.807) is 138 Å². The highest BCUT2D eigenvalue weighted by atomic mass is 79.9. The summed E-state index contributed by atoms with van der Waals surface area (Å²) in [6, 6.07) is 60.5. The van der Waals surface area contributed by atoms with Crippen molar-refractivity contribution in [3.05, 3.63) is 278 Å². The molecule has 38 heteroatoms. The number of halogens is 5. The van der Waals surface area contributed by atoms with Crippen molar-refractivity contribution in [2.24, 2.45) is 5.73 Å². The Balaban J connectivity index is 0.000000158. The van der Waals surface area contributed by atoms with Gasteiger partial charge in [-0.15, -0.1) is 11.6 Å². The van der Waals surface area contributed by atoms with Gasteiger partial charge in [0.1, 0.15) is 61.6 Å². The lowest BCUT2D eigenvalue weighted by atomic mass is 10.1. The molecule has 0 atom stereocenters. The Bertz CT molecular complexity index is 4900. The second-order valence-corrected chi connectivity index (χ2v) is 31.1. The lowest BCUT2D eigenvalue weighted by molar-refractivity contribution is -0.120. The molecule has 0 spiro atoms. The molecule has 678 valence electrons. The van der Waals surface area contributed by atoms with Crippen LogP contribution in [0.25, 0.3) is 0 Å². The highest BCUT2D eigenvalue weighted by Crippen LogP contribution is 2.28. The number of alkyl halides is 1. The van der Waals surface area contributed by atoms with E-state index < -0.39 is 0 Å². The molecule has 11 aromatic rings. The maximum atomic E-state index is 12.5. The van der Waals surface area contributed by atoms with Gasteiger partial charge < -0.3 is 74.0 Å².